The molecule has 0 fully saturated rings. The number of phenolic OH excluding ortho intramolecular Hbond substituents is 1. The maximum atomic E-state index is 12.4. The highest BCUT2D eigenvalue weighted by Gasteiger charge is 2.20. The summed E-state index contributed by atoms with van der Waals surface area (Å²) >= 11 is 0. The third kappa shape index (κ3) is 10.2. The Morgan fingerprint density at radius 3 is 2.36 bits per heavy atom. The number of aryl methyl sites for hydroxylation is 1. The number of methoxy groups -OCH3 is 1. The molecule has 0 unspecified atom stereocenters. The van der Waals surface area contributed by atoms with E-state index >= 15 is 0 Å². The lowest BCUT2D eigenvalue weighted by Gasteiger charge is -2.16. The number of hydrogen-bond donors (Lipinski definition) is 2. The number of rotatable bonds is 13. The average Bonchev–Trinajstić information content (AvgIpc) is 2.73. The Bertz CT molecular complexity index is 916. The van der Waals surface area contributed by atoms with E-state index in [9.17, 15) is 19.8 Å². The van der Waals surface area contributed by atoms with Crippen molar-refractivity contribution in [2.24, 2.45) is 5.92 Å². The third-order valence-corrected chi connectivity index (χ3v) is 5.61. The van der Waals surface area contributed by atoms with E-state index in [2.05, 4.69) is 0 Å². The normalized spacial score (nSPS) is 13.9. The number of carbonyl (C=O) groups excluding carboxylic acids is 2. The summed E-state index contributed by atoms with van der Waals surface area (Å²) in [5.41, 5.74) is 4.34. The maximum Gasteiger partial charge on any atom is 0.184 e. The molecular formula is C28H40O5. The number of benzene rings is 1. The van der Waals surface area contributed by atoms with Crippen molar-refractivity contribution in [3.05, 3.63) is 58.2 Å². The minimum Gasteiger partial charge on any atom is -0.507 e. The van der Waals surface area contributed by atoms with Crippen LogP contribution in [0.4, 0.5) is 0 Å². The molecule has 5 heteroatoms. The van der Waals surface area contributed by atoms with E-state index in [1.165, 1.54) is 6.08 Å². The summed E-state index contributed by atoms with van der Waals surface area (Å²) in [7, 11) is 1.59. The highest BCUT2D eigenvalue weighted by Crippen LogP contribution is 2.28. The van der Waals surface area contributed by atoms with Gasteiger partial charge in [0.1, 0.15) is 17.6 Å². The monoisotopic (exact) mass is 456 g/mol. The van der Waals surface area contributed by atoms with Gasteiger partial charge in [-0.15, -0.1) is 0 Å². The second-order valence-corrected chi connectivity index (χ2v) is 9.28. The van der Waals surface area contributed by atoms with Gasteiger partial charge in [-0.2, -0.15) is 0 Å². The molecule has 0 aliphatic heterocycles. The molecular weight excluding hydrogens is 416 g/mol. The SMILES string of the molecule is COc1cc(C)c(O)c(C/C=C(\C)CC(=O)/C=C(\C)CCC[C@H](C)[C@@H](O)C(=O)C=C(C)C)c1. The molecule has 5 nitrogen and oxygen atoms in total. The van der Waals surface area contributed by atoms with Gasteiger partial charge in [0, 0.05) is 12.0 Å². The van der Waals surface area contributed by atoms with Crippen molar-refractivity contribution in [1.29, 1.82) is 0 Å². The Labute approximate surface area is 198 Å². The first-order valence-corrected chi connectivity index (χ1v) is 11.5. The van der Waals surface area contributed by atoms with Crippen LogP contribution >= 0.6 is 0 Å². The minimum absolute atomic E-state index is 0.0408. The smallest absolute Gasteiger partial charge is 0.184 e. The number of ketones is 2. The molecule has 0 saturated carbocycles. The molecule has 182 valence electrons. The van der Waals surface area contributed by atoms with Gasteiger partial charge in [-0.3, -0.25) is 9.59 Å². The Kier molecular flexibility index (Phi) is 11.9. The van der Waals surface area contributed by atoms with Gasteiger partial charge < -0.3 is 14.9 Å². The van der Waals surface area contributed by atoms with Crippen LogP contribution in [0.15, 0.2) is 47.1 Å². The van der Waals surface area contributed by atoms with Crippen LogP contribution in [0, 0.1) is 12.8 Å². The van der Waals surface area contributed by atoms with Gasteiger partial charge in [0.15, 0.2) is 11.6 Å². The fraction of sp³-hybridized carbons (Fsp3) is 0.500. The summed E-state index contributed by atoms with van der Waals surface area (Å²) in [6.45, 7) is 11.2. The van der Waals surface area contributed by atoms with Crippen molar-refractivity contribution in [3.8, 4) is 11.5 Å². The van der Waals surface area contributed by atoms with Gasteiger partial charge in [-0.05, 0) is 96.1 Å². The van der Waals surface area contributed by atoms with E-state index in [4.69, 9.17) is 4.74 Å². The first-order chi connectivity index (χ1) is 15.4. The molecule has 1 aromatic carbocycles. The summed E-state index contributed by atoms with van der Waals surface area (Å²) in [4.78, 5) is 24.4. The predicted molar refractivity (Wildman–Crippen MR) is 134 cm³/mol. The number of allylic oxidation sites excluding steroid dienone is 5. The van der Waals surface area contributed by atoms with Crippen LogP contribution in [-0.4, -0.2) is 35.0 Å². The van der Waals surface area contributed by atoms with Crippen molar-refractivity contribution in [2.45, 2.75) is 79.8 Å². The fourth-order valence-electron chi connectivity index (χ4n) is 3.63. The molecule has 0 aliphatic rings. The van der Waals surface area contributed by atoms with E-state index in [0.717, 1.165) is 40.7 Å². The lowest BCUT2D eigenvalue weighted by atomic mass is 9.93. The second-order valence-electron chi connectivity index (χ2n) is 9.28. The number of aliphatic hydroxyl groups excluding tert-OH is 1. The number of aromatic hydroxyl groups is 1. The van der Waals surface area contributed by atoms with Crippen LogP contribution in [0.3, 0.4) is 0 Å². The van der Waals surface area contributed by atoms with Crippen molar-refractivity contribution in [3.63, 3.8) is 0 Å². The molecule has 1 rings (SSSR count). The van der Waals surface area contributed by atoms with Crippen LogP contribution in [0.5, 0.6) is 11.5 Å². The first-order valence-electron chi connectivity index (χ1n) is 11.5. The zero-order valence-corrected chi connectivity index (χ0v) is 21.2. The Morgan fingerprint density at radius 2 is 1.76 bits per heavy atom. The second kappa shape index (κ2) is 13.8. The van der Waals surface area contributed by atoms with Gasteiger partial charge in [-0.25, -0.2) is 0 Å². The number of aliphatic hydroxyl groups is 1. The van der Waals surface area contributed by atoms with Crippen molar-refractivity contribution < 1.29 is 24.5 Å². The number of hydrogen-bond acceptors (Lipinski definition) is 5. The molecule has 0 spiro atoms. The lowest BCUT2D eigenvalue weighted by Crippen LogP contribution is -2.26. The molecule has 2 N–H and O–H groups in total. The van der Waals surface area contributed by atoms with Crippen molar-refractivity contribution >= 4 is 11.6 Å². The summed E-state index contributed by atoms with van der Waals surface area (Å²) < 4.78 is 5.27. The van der Waals surface area contributed by atoms with Gasteiger partial charge in [-0.1, -0.05) is 29.7 Å². The topological polar surface area (TPSA) is 83.8 Å². The zero-order chi connectivity index (χ0) is 25.1. The summed E-state index contributed by atoms with van der Waals surface area (Å²) in [5, 5.41) is 20.4. The van der Waals surface area contributed by atoms with Gasteiger partial charge in [0.25, 0.3) is 0 Å². The molecule has 0 bridgehead atoms. The standard InChI is InChI=1S/C28H40O5/c1-18(2)13-26(30)28(32)21(5)10-8-9-19(3)14-24(29)15-20(4)11-12-23-17-25(33-7)16-22(6)27(23)31/h11,13-14,16-17,21,28,31-32H,8-10,12,15H2,1-7H3/b19-14+,20-11+/t21-,28+/m0/s1. The fourth-order valence-corrected chi connectivity index (χ4v) is 3.63. The highest BCUT2D eigenvalue weighted by atomic mass is 16.5. The zero-order valence-electron chi connectivity index (χ0n) is 21.2. The van der Waals surface area contributed by atoms with E-state index in [1.54, 1.807) is 19.3 Å². The van der Waals surface area contributed by atoms with Gasteiger partial charge in [0.05, 0.1) is 7.11 Å². The molecule has 0 aliphatic carbocycles. The summed E-state index contributed by atoms with van der Waals surface area (Å²) in [6.07, 6.45) is 7.26. The number of phenols is 1. The Morgan fingerprint density at radius 1 is 1.09 bits per heavy atom. The first kappa shape index (κ1) is 28.4. The van der Waals surface area contributed by atoms with Crippen LogP contribution in [0.2, 0.25) is 0 Å². The van der Waals surface area contributed by atoms with Crippen molar-refractivity contribution in [1.82, 2.24) is 0 Å². The maximum absolute atomic E-state index is 12.4. The quantitative estimate of drug-likeness (QED) is 0.289. The van der Waals surface area contributed by atoms with Crippen molar-refractivity contribution in [2.75, 3.05) is 7.11 Å². The molecule has 33 heavy (non-hydrogen) atoms. The minimum atomic E-state index is -0.980. The molecule has 2 atom stereocenters. The summed E-state index contributed by atoms with van der Waals surface area (Å²) in [6, 6.07) is 3.60. The van der Waals surface area contributed by atoms with E-state index in [1.807, 2.05) is 53.7 Å². The molecule has 0 heterocycles. The molecule has 0 aromatic heterocycles. The largest absolute Gasteiger partial charge is 0.507 e. The third-order valence-electron chi connectivity index (χ3n) is 5.61. The van der Waals surface area contributed by atoms with E-state index in [0.29, 0.717) is 25.0 Å². The molecule has 0 saturated heterocycles. The van der Waals surface area contributed by atoms with Crippen LogP contribution < -0.4 is 4.74 Å². The van der Waals surface area contributed by atoms with Crippen LogP contribution in [0.25, 0.3) is 0 Å². The summed E-state index contributed by atoms with van der Waals surface area (Å²) in [5.74, 6) is 0.620. The predicted octanol–water partition coefficient (Wildman–Crippen LogP) is 5.81. The Balaban J connectivity index is 2.56. The highest BCUT2D eigenvalue weighted by molar-refractivity contribution is 5.94. The van der Waals surface area contributed by atoms with Gasteiger partial charge in [0.2, 0.25) is 0 Å². The lowest BCUT2D eigenvalue weighted by molar-refractivity contribution is -0.124. The number of ether oxygens (including phenoxy) is 1. The number of carbonyl (C=O) groups is 2. The molecule has 1 aromatic rings. The van der Waals surface area contributed by atoms with E-state index < -0.39 is 6.10 Å². The molecule has 0 amide bonds. The molecule has 0 radical (unpaired) electrons. The average molecular weight is 457 g/mol. The van der Waals surface area contributed by atoms with E-state index in [-0.39, 0.29) is 23.2 Å². The van der Waals surface area contributed by atoms with Crippen LogP contribution in [0.1, 0.15) is 71.4 Å². The Hall–Kier alpha value is -2.66. The van der Waals surface area contributed by atoms with Crippen LogP contribution in [-0.2, 0) is 16.0 Å². The van der Waals surface area contributed by atoms with Gasteiger partial charge >= 0.3 is 0 Å².